The number of nitrogens with one attached hydrogen (secondary N) is 4. The average molecular weight is 579 g/mol. The summed E-state index contributed by atoms with van der Waals surface area (Å²) in [6, 6.07) is -0.798. The van der Waals surface area contributed by atoms with Gasteiger partial charge in [-0.25, -0.2) is 9.97 Å². The first-order valence-corrected chi connectivity index (χ1v) is 13.7. The lowest BCUT2D eigenvalue weighted by Gasteiger charge is -2.19. The molecule has 0 spiro atoms. The number of H-pyrrole nitrogens is 2. The van der Waals surface area contributed by atoms with Gasteiger partial charge in [0.05, 0.1) is 37.5 Å². The Balaban J connectivity index is 1.09. The first-order chi connectivity index (χ1) is 19.1. The summed E-state index contributed by atoms with van der Waals surface area (Å²) < 4.78 is 45.6. The Hall–Kier alpha value is -3.95. The van der Waals surface area contributed by atoms with Crippen LogP contribution in [0, 0.1) is 0 Å². The maximum atomic E-state index is 12.9. The van der Waals surface area contributed by atoms with Crippen LogP contribution in [0.1, 0.15) is 31.7 Å². The van der Waals surface area contributed by atoms with Crippen LogP contribution in [0.25, 0.3) is 22.3 Å². The van der Waals surface area contributed by atoms with Crippen molar-refractivity contribution in [3.05, 3.63) is 33.4 Å². The monoisotopic (exact) mass is 578 g/mol. The SMILES string of the molecule is Nc1nc2c(ncn2C2CCC(CNS(=O)(=O)NC3CC(n4cnc5c(=O)[nH]c(N)nc54)OC3CO)O2)c(=O)[nH]1. The number of aliphatic hydroxyl groups is 1. The van der Waals surface area contributed by atoms with Gasteiger partial charge in [0, 0.05) is 13.0 Å². The standard InChI is InChI=1S/C20H26N12O7S/c21-19-26-15-13(17(34)28-19)23-6-31(15)11-2-1-8(38-11)4-25-40(36,37)30-9-3-12(39-10(9)5-33)32-7-24-14-16(32)27-20(22)29-18(14)35/h6-12,25,30,33H,1-5H2,(H3,21,26,28,34)(H3,22,27,29,35). The molecular formula is C20H26N12O7S. The van der Waals surface area contributed by atoms with Gasteiger partial charge in [-0.3, -0.25) is 28.7 Å². The number of fused-ring (bicyclic) bond motifs is 2. The lowest BCUT2D eigenvalue weighted by Crippen LogP contribution is -2.48. The fourth-order valence-electron chi connectivity index (χ4n) is 4.99. The summed E-state index contributed by atoms with van der Waals surface area (Å²) in [7, 11) is -4.04. The van der Waals surface area contributed by atoms with E-state index >= 15 is 0 Å². The molecule has 6 heterocycles. The van der Waals surface area contributed by atoms with E-state index in [0.29, 0.717) is 12.8 Å². The average Bonchev–Trinajstić information content (AvgIpc) is 3.67. The number of nitrogen functional groups attached to an aromatic ring is 2. The number of ether oxygens (including phenoxy) is 2. The highest BCUT2D eigenvalue weighted by atomic mass is 32.2. The highest BCUT2D eigenvalue weighted by Crippen LogP contribution is 2.32. The van der Waals surface area contributed by atoms with Crippen LogP contribution in [-0.2, 0) is 19.7 Å². The lowest BCUT2D eigenvalue weighted by atomic mass is 10.1. The zero-order chi connectivity index (χ0) is 28.2. The summed E-state index contributed by atoms with van der Waals surface area (Å²) >= 11 is 0. The Morgan fingerprint density at radius 1 is 0.975 bits per heavy atom. The Morgan fingerprint density at radius 3 is 2.17 bits per heavy atom. The second-order valence-electron chi connectivity index (χ2n) is 9.46. The van der Waals surface area contributed by atoms with Gasteiger partial charge in [0.2, 0.25) is 11.9 Å². The van der Waals surface area contributed by atoms with Crippen molar-refractivity contribution in [1.82, 2.24) is 48.5 Å². The molecule has 5 atom stereocenters. The van der Waals surface area contributed by atoms with Crippen LogP contribution in [0.4, 0.5) is 11.9 Å². The third-order valence-corrected chi connectivity index (χ3v) is 7.99. The molecule has 19 nitrogen and oxygen atoms in total. The molecule has 214 valence electrons. The van der Waals surface area contributed by atoms with Gasteiger partial charge in [-0.2, -0.15) is 27.8 Å². The quantitative estimate of drug-likeness (QED) is 0.111. The molecule has 9 N–H and O–H groups in total. The second-order valence-corrected chi connectivity index (χ2v) is 11.0. The molecule has 0 bridgehead atoms. The summed E-state index contributed by atoms with van der Waals surface area (Å²) in [5.41, 5.74) is 10.9. The van der Waals surface area contributed by atoms with E-state index in [9.17, 15) is 23.1 Å². The summed E-state index contributed by atoms with van der Waals surface area (Å²) in [4.78, 5) is 45.2. The Labute approximate surface area is 224 Å². The number of imidazole rings is 2. The van der Waals surface area contributed by atoms with Crippen LogP contribution >= 0.6 is 0 Å². The molecule has 2 saturated heterocycles. The Bertz CT molecular complexity index is 1800. The minimum Gasteiger partial charge on any atom is -0.394 e. The summed E-state index contributed by atoms with van der Waals surface area (Å²) in [6.45, 7) is -0.492. The first kappa shape index (κ1) is 26.3. The Kier molecular flexibility index (Phi) is 6.51. The molecule has 5 unspecified atom stereocenters. The van der Waals surface area contributed by atoms with Gasteiger partial charge in [-0.05, 0) is 12.8 Å². The highest BCUT2D eigenvalue weighted by Gasteiger charge is 2.39. The maximum Gasteiger partial charge on any atom is 0.280 e. The van der Waals surface area contributed by atoms with Crippen LogP contribution in [0.2, 0.25) is 0 Å². The summed E-state index contributed by atoms with van der Waals surface area (Å²) in [6.07, 6.45) is 1.35. The number of aliphatic hydroxyl groups excluding tert-OH is 1. The van der Waals surface area contributed by atoms with E-state index in [1.54, 1.807) is 4.57 Å². The van der Waals surface area contributed by atoms with Crippen molar-refractivity contribution in [1.29, 1.82) is 0 Å². The van der Waals surface area contributed by atoms with E-state index in [0.717, 1.165) is 0 Å². The topological polar surface area (TPSA) is 276 Å². The molecular weight excluding hydrogens is 552 g/mol. The van der Waals surface area contributed by atoms with Crippen LogP contribution < -0.4 is 32.0 Å². The normalized spacial score (nSPS) is 25.4. The van der Waals surface area contributed by atoms with Gasteiger partial charge in [-0.15, -0.1) is 0 Å². The molecule has 4 aromatic rings. The van der Waals surface area contributed by atoms with Crippen molar-refractivity contribution in [2.24, 2.45) is 0 Å². The number of aromatic amines is 2. The number of hydrogen-bond acceptors (Lipinski definition) is 13. The van der Waals surface area contributed by atoms with Gasteiger partial charge < -0.3 is 26.0 Å². The predicted molar refractivity (Wildman–Crippen MR) is 138 cm³/mol. The molecule has 0 amide bonds. The zero-order valence-electron chi connectivity index (χ0n) is 20.7. The summed E-state index contributed by atoms with van der Waals surface area (Å²) in [5.74, 6) is -0.161. The second kappa shape index (κ2) is 9.91. The fraction of sp³-hybridized carbons (Fsp3) is 0.500. The Morgan fingerprint density at radius 2 is 1.57 bits per heavy atom. The smallest absolute Gasteiger partial charge is 0.280 e. The van der Waals surface area contributed by atoms with E-state index < -0.39 is 58.6 Å². The van der Waals surface area contributed by atoms with Crippen molar-refractivity contribution in [2.45, 2.75) is 50.0 Å². The van der Waals surface area contributed by atoms with Crippen molar-refractivity contribution in [3.8, 4) is 0 Å². The number of aromatic nitrogens is 8. The van der Waals surface area contributed by atoms with Crippen LogP contribution in [0.5, 0.6) is 0 Å². The molecule has 4 aromatic heterocycles. The third-order valence-electron chi connectivity index (χ3n) is 6.83. The van der Waals surface area contributed by atoms with Gasteiger partial charge in [0.1, 0.15) is 12.5 Å². The third kappa shape index (κ3) is 4.80. The first-order valence-electron chi connectivity index (χ1n) is 12.2. The van der Waals surface area contributed by atoms with Gasteiger partial charge in [-0.1, -0.05) is 0 Å². The number of hydrogen-bond donors (Lipinski definition) is 7. The molecule has 2 aliphatic rings. The van der Waals surface area contributed by atoms with E-state index in [2.05, 4.69) is 39.3 Å². The number of nitrogens with two attached hydrogens (primary N) is 2. The molecule has 2 aliphatic heterocycles. The maximum absolute atomic E-state index is 12.9. The largest absolute Gasteiger partial charge is 0.394 e. The minimum absolute atomic E-state index is 0.0342. The van der Waals surface area contributed by atoms with Crippen LogP contribution in [-0.4, -0.2) is 84.0 Å². The molecule has 6 rings (SSSR count). The minimum atomic E-state index is -4.04. The summed E-state index contributed by atoms with van der Waals surface area (Å²) in [5, 5.41) is 9.82. The zero-order valence-corrected chi connectivity index (χ0v) is 21.5. The molecule has 20 heteroatoms. The van der Waals surface area contributed by atoms with Crippen LogP contribution in [0.15, 0.2) is 22.2 Å². The van der Waals surface area contributed by atoms with Crippen LogP contribution in [0.3, 0.4) is 0 Å². The number of nitrogens with zero attached hydrogens (tertiary/aromatic N) is 6. The van der Waals surface area contributed by atoms with Gasteiger partial charge in [0.25, 0.3) is 21.3 Å². The van der Waals surface area contributed by atoms with Crippen molar-refractivity contribution in [3.63, 3.8) is 0 Å². The van der Waals surface area contributed by atoms with E-state index in [-0.39, 0.29) is 47.2 Å². The molecule has 0 aromatic carbocycles. The highest BCUT2D eigenvalue weighted by molar-refractivity contribution is 7.87. The van der Waals surface area contributed by atoms with Gasteiger partial charge in [0.15, 0.2) is 22.3 Å². The molecule has 0 aliphatic carbocycles. The van der Waals surface area contributed by atoms with Gasteiger partial charge >= 0.3 is 0 Å². The van der Waals surface area contributed by atoms with E-state index in [1.165, 1.54) is 17.2 Å². The van der Waals surface area contributed by atoms with E-state index in [1.807, 2.05) is 0 Å². The number of anilines is 2. The molecule has 40 heavy (non-hydrogen) atoms. The molecule has 2 fully saturated rings. The fourth-order valence-corrected chi connectivity index (χ4v) is 6.12. The van der Waals surface area contributed by atoms with E-state index in [4.69, 9.17) is 20.9 Å². The molecule has 0 saturated carbocycles. The van der Waals surface area contributed by atoms with Crippen molar-refractivity contribution < 1.29 is 23.0 Å². The molecule has 0 radical (unpaired) electrons. The predicted octanol–water partition coefficient (Wildman–Crippen LogP) is -2.83. The number of rotatable bonds is 8. The van der Waals surface area contributed by atoms with Crippen molar-refractivity contribution >= 4 is 44.4 Å². The van der Waals surface area contributed by atoms with Crippen molar-refractivity contribution in [2.75, 3.05) is 24.6 Å². The lowest BCUT2D eigenvalue weighted by molar-refractivity contribution is -0.0242.